The Hall–Kier alpha value is -1.35. The lowest BCUT2D eigenvalue weighted by molar-refractivity contribution is 0.518. The second-order valence-electron chi connectivity index (χ2n) is 3.12. The van der Waals surface area contributed by atoms with Gasteiger partial charge in [-0.25, -0.2) is 4.98 Å². The number of benzene rings is 1. The Bertz CT molecular complexity index is 405. The minimum atomic E-state index is 0.0346. The highest BCUT2D eigenvalue weighted by Crippen LogP contribution is 2.15. The molecule has 3 heteroatoms. The molecular weight excluding hydrogens is 162 g/mol. The molecule has 3 nitrogen and oxygen atoms in total. The average Bonchev–Trinajstić information content (AvgIpc) is 2.60. The molecule has 0 aliphatic heterocycles. The van der Waals surface area contributed by atoms with Gasteiger partial charge in [0.25, 0.3) is 0 Å². The van der Waals surface area contributed by atoms with Crippen LogP contribution in [0.3, 0.4) is 0 Å². The summed E-state index contributed by atoms with van der Waals surface area (Å²) >= 11 is 0. The highest BCUT2D eigenvalue weighted by molar-refractivity contribution is 5.75. The summed E-state index contributed by atoms with van der Waals surface area (Å²) in [7, 11) is 0. The van der Waals surface area contributed by atoms with Gasteiger partial charge in [-0.15, -0.1) is 0 Å². The molecule has 0 bridgehead atoms. The topological polar surface area (TPSA) is 43.8 Å². The van der Waals surface area contributed by atoms with Gasteiger partial charge in [-0.05, 0) is 18.6 Å². The van der Waals surface area contributed by atoms with Crippen LogP contribution in [-0.4, -0.2) is 9.55 Å². The third-order valence-electron chi connectivity index (χ3n) is 2.26. The molecule has 1 heterocycles. The summed E-state index contributed by atoms with van der Waals surface area (Å²) in [5.41, 5.74) is 8.04. The van der Waals surface area contributed by atoms with E-state index in [0.717, 1.165) is 17.5 Å². The average molecular weight is 175 g/mol. The molecule has 1 aromatic carbocycles. The van der Waals surface area contributed by atoms with E-state index in [-0.39, 0.29) is 6.17 Å². The summed E-state index contributed by atoms with van der Waals surface area (Å²) in [5, 5.41) is 0. The van der Waals surface area contributed by atoms with Crippen LogP contribution in [0, 0.1) is 0 Å². The van der Waals surface area contributed by atoms with Crippen molar-refractivity contribution < 1.29 is 0 Å². The number of rotatable bonds is 2. The van der Waals surface area contributed by atoms with E-state index in [2.05, 4.69) is 11.9 Å². The molecule has 0 saturated carbocycles. The van der Waals surface area contributed by atoms with Crippen LogP contribution in [0.4, 0.5) is 0 Å². The van der Waals surface area contributed by atoms with Crippen molar-refractivity contribution in [2.45, 2.75) is 19.5 Å². The third-order valence-corrected chi connectivity index (χ3v) is 2.26. The van der Waals surface area contributed by atoms with Crippen molar-refractivity contribution in [3.8, 4) is 0 Å². The van der Waals surface area contributed by atoms with Crippen LogP contribution in [0.2, 0.25) is 0 Å². The Morgan fingerprint density at radius 1 is 1.46 bits per heavy atom. The van der Waals surface area contributed by atoms with E-state index in [0.29, 0.717) is 0 Å². The summed E-state index contributed by atoms with van der Waals surface area (Å²) in [5.74, 6) is 0. The normalized spacial score (nSPS) is 13.4. The molecule has 2 aromatic rings. The molecule has 0 aliphatic carbocycles. The summed E-state index contributed by atoms with van der Waals surface area (Å²) in [6.45, 7) is 2.07. The lowest BCUT2D eigenvalue weighted by Crippen LogP contribution is -2.16. The smallest absolute Gasteiger partial charge is 0.0971 e. The fourth-order valence-electron chi connectivity index (χ4n) is 1.44. The molecule has 1 aromatic heterocycles. The minimum absolute atomic E-state index is 0.0346. The molecule has 13 heavy (non-hydrogen) atoms. The largest absolute Gasteiger partial charge is 0.314 e. The number of hydrogen-bond donors (Lipinski definition) is 1. The Kier molecular flexibility index (Phi) is 2.02. The zero-order valence-corrected chi connectivity index (χ0v) is 7.64. The van der Waals surface area contributed by atoms with E-state index in [1.807, 2.05) is 28.8 Å². The second kappa shape index (κ2) is 3.18. The van der Waals surface area contributed by atoms with Crippen molar-refractivity contribution in [3.63, 3.8) is 0 Å². The van der Waals surface area contributed by atoms with Crippen LogP contribution in [0.15, 0.2) is 30.6 Å². The Morgan fingerprint density at radius 3 is 3.00 bits per heavy atom. The number of imidazole rings is 1. The van der Waals surface area contributed by atoms with Crippen LogP contribution in [0.1, 0.15) is 19.5 Å². The molecule has 0 aliphatic rings. The Labute approximate surface area is 77.2 Å². The van der Waals surface area contributed by atoms with Crippen LogP contribution >= 0.6 is 0 Å². The number of nitrogens with zero attached hydrogens (tertiary/aromatic N) is 2. The number of para-hydroxylation sites is 2. The summed E-state index contributed by atoms with van der Waals surface area (Å²) < 4.78 is 2.01. The van der Waals surface area contributed by atoms with E-state index in [9.17, 15) is 0 Å². The maximum absolute atomic E-state index is 5.93. The summed E-state index contributed by atoms with van der Waals surface area (Å²) in [4.78, 5) is 4.27. The first-order valence-electron chi connectivity index (χ1n) is 4.50. The summed E-state index contributed by atoms with van der Waals surface area (Å²) in [6.07, 6.45) is 2.76. The van der Waals surface area contributed by atoms with Gasteiger partial charge in [-0.1, -0.05) is 19.1 Å². The number of aromatic nitrogens is 2. The standard InChI is InChI=1S/C10H13N3/c1-2-10(11)13-7-12-8-5-3-4-6-9(8)13/h3-7,10H,2,11H2,1H3. The maximum Gasteiger partial charge on any atom is 0.0971 e. The molecular formula is C10H13N3. The molecule has 2 rings (SSSR count). The van der Waals surface area contributed by atoms with Crippen LogP contribution in [-0.2, 0) is 0 Å². The first-order chi connectivity index (χ1) is 6.33. The molecule has 0 spiro atoms. The van der Waals surface area contributed by atoms with Crippen LogP contribution in [0.5, 0.6) is 0 Å². The van der Waals surface area contributed by atoms with E-state index in [1.54, 1.807) is 6.33 Å². The zero-order valence-electron chi connectivity index (χ0n) is 7.64. The Balaban J connectivity index is 2.57. The van der Waals surface area contributed by atoms with Gasteiger partial charge in [0.05, 0.1) is 23.5 Å². The van der Waals surface area contributed by atoms with Crippen LogP contribution < -0.4 is 5.73 Å². The first kappa shape index (κ1) is 8.26. The number of hydrogen-bond acceptors (Lipinski definition) is 2. The van der Waals surface area contributed by atoms with Gasteiger partial charge in [0.1, 0.15) is 0 Å². The highest BCUT2D eigenvalue weighted by Gasteiger charge is 2.05. The van der Waals surface area contributed by atoms with E-state index >= 15 is 0 Å². The van der Waals surface area contributed by atoms with Crippen molar-refractivity contribution in [2.24, 2.45) is 5.73 Å². The SMILES string of the molecule is CCC(N)n1cnc2ccccc21. The van der Waals surface area contributed by atoms with E-state index in [1.165, 1.54) is 0 Å². The van der Waals surface area contributed by atoms with E-state index < -0.39 is 0 Å². The molecule has 1 atom stereocenters. The fraction of sp³-hybridized carbons (Fsp3) is 0.300. The molecule has 0 saturated heterocycles. The molecule has 0 fully saturated rings. The van der Waals surface area contributed by atoms with Gasteiger partial charge in [0, 0.05) is 0 Å². The second-order valence-corrected chi connectivity index (χ2v) is 3.12. The maximum atomic E-state index is 5.93. The predicted molar refractivity (Wildman–Crippen MR) is 53.2 cm³/mol. The number of fused-ring (bicyclic) bond motifs is 1. The van der Waals surface area contributed by atoms with Crippen molar-refractivity contribution in [1.82, 2.24) is 9.55 Å². The fourth-order valence-corrected chi connectivity index (χ4v) is 1.44. The Morgan fingerprint density at radius 2 is 2.23 bits per heavy atom. The van der Waals surface area contributed by atoms with Gasteiger partial charge in [0.15, 0.2) is 0 Å². The lowest BCUT2D eigenvalue weighted by Gasteiger charge is -2.10. The molecule has 68 valence electrons. The zero-order chi connectivity index (χ0) is 9.26. The molecule has 2 N–H and O–H groups in total. The third kappa shape index (κ3) is 1.31. The molecule has 0 amide bonds. The van der Waals surface area contributed by atoms with Crippen molar-refractivity contribution in [3.05, 3.63) is 30.6 Å². The van der Waals surface area contributed by atoms with E-state index in [4.69, 9.17) is 5.73 Å². The quantitative estimate of drug-likeness (QED) is 0.757. The first-order valence-corrected chi connectivity index (χ1v) is 4.50. The molecule has 1 unspecified atom stereocenters. The predicted octanol–water partition coefficient (Wildman–Crippen LogP) is 1.90. The summed E-state index contributed by atoms with van der Waals surface area (Å²) in [6, 6.07) is 8.02. The van der Waals surface area contributed by atoms with Crippen LogP contribution in [0.25, 0.3) is 11.0 Å². The molecule has 0 radical (unpaired) electrons. The van der Waals surface area contributed by atoms with Crippen molar-refractivity contribution in [2.75, 3.05) is 0 Å². The van der Waals surface area contributed by atoms with Gasteiger partial charge in [-0.2, -0.15) is 0 Å². The van der Waals surface area contributed by atoms with Gasteiger partial charge in [-0.3, -0.25) is 0 Å². The van der Waals surface area contributed by atoms with Crippen molar-refractivity contribution >= 4 is 11.0 Å². The lowest BCUT2D eigenvalue weighted by atomic mass is 10.3. The van der Waals surface area contributed by atoms with Gasteiger partial charge < -0.3 is 10.3 Å². The van der Waals surface area contributed by atoms with Gasteiger partial charge in [0.2, 0.25) is 0 Å². The van der Waals surface area contributed by atoms with Crippen molar-refractivity contribution in [1.29, 1.82) is 0 Å². The number of nitrogens with two attached hydrogens (primary N) is 1. The minimum Gasteiger partial charge on any atom is -0.314 e. The monoisotopic (exact) mass is 175 g/mol. The van der Waals surface area contributed by atoms with Gasteiger partial charge >= 0.3 is 0 Å². The highest BCUT2D eigenvalue weighted by atomic mass is 15.1.